The lowest BCUT2D eigenvalue weighted by Crippen LogP contribution is -2.10. The number of rotatable bonds is 1. The zero-order valence-corrected chi connectivity index (χ0v) is 6.53. The maximum atomic E-state index is 8.72. The standard InChI is InChI=1S/C8H13BO2/c10-9(11)5-8-4-6-1-2-7(8)3-6/h5-7,10-11H,1-4H2/b8-5+. The highest BCUT2D eigenvalue weighted by Crippen LogP contribution is 2.47. The predicted octanol–water partition coefficient (Wildman–Crippen LogP) is 0.745. The Hall–Kier alpha value is -0.275. The predicted molar refractivity (Wildman–Crippen MR) is 43.7 cm³/mol. The van der Waals surface area contributed by atoms with E-state index in [2.05, 4.69) is 0 Å². The van der Waals surface area contributed by atoms with Crippen LogP contribution < -0.4 is 0 Å². The minimum Gasteiger partial charge on any atom is -0.424 e. The molecule has 11 heavy (non-hydrogen) atoms. The van der Waals surface area contributed by atoms with Crippen LogP contribution in [0.25, 0.3) is 0 Å². The van der Waals surface area contributed by atoms with Crippen LogP contribution in [0.5, 0.6) is 0 Å². The minimum absolute atomic E-state index is 0.682. The molecule has 2 aliphatic carbocycles. The van der Waals surface area contributed by atoms with Crippen molar-refractivity contribution in [3.05, 3.63) is 11.5 Å². The molecule has 60 valence electrons. The van der Waals surface area contributed by atoms with Gasteiger partial charge in [0.2, 0.25) is 0 Å². The number of hydrogen-bond acceptors (Lipinski definition) is 2. The summed E-state index contributed by atoms with van der Waals surface area (Å²) in [5.41, 5.74) is 1.29. The molecule has 2 atom stereocenters. The molecule has 2 saturated carbocycles. The summed E-state index contributed by atoms with van der Waals surface area (Å²) >= 11 is 0. The fraction of sp³-hybridized carbons (Fsp3) is 0.750. The van der Waals surface area contributed by atoms with Crippen LogP contribution in [0, 0.1) is 11.8 Å². The van der Waals surface area contributed by atoms with E-state index in [0.717, 1.165) is 12.3 Å². The fourth-order valence-corrected chi connectivity index (χ4v) is 2.49. The number of hydrogen-bond donors (Lipinski definition) is 2. The van der Waals surface area contributed by atoms with Crippen molar-refractivity contribution in [2.75, 3.05) is 0 Å². The maximum Gasteiger partial charge on any atom is 0.480 e. The van der Waals surface area contributed by atoms with E-state index in [1.54, 1.807) is 5.98 Å². The van der Waals surface area contributed by atoms with Crippen molar-refractivity contribution >= 4 is 7.12 Å². The van der Waals surface area contributed by atoms with Gasteiger partial charge in [-0.15, -0.1) is 0 Å². The highest BCUT2D eigenvalue weighted by Gasteiger charge is 2.35. The summed E-state index contributed by atoms with van der Waals surface area (Å²) in [5.74, 6) is 3.15. The first-order chi connectivity index (χ1) is 5.25. The van der Waals surface area contributed by atoms with Gasteiger partial charge in [0.15, 0.2) is 0 Å². The Morgan fingerprint density at radius 2 is 2.18 bits per heavy atom. The molecule has 2 nitrogen and oxygen atoms in total. The molecule has 0 saturated heterocycles. The number of fused-ring (bicyclic) bond motifs is 2. The molecule has 2 fully saturated rings. The second-order valence-electron chi connectivity index (χ2n) is 3.74. The quantitative estimate of drug-likeness (QED) is 0.544. The van der Waals surface area contributed by atoms with E-state index < -0.39 is 7.12 Å². The summed E-state index contributed by atoms with van der Waals surface area (Å²) < 4.78 is 0. The summed E-state index contributed by atoms with van der Waals surface area (Å²) in [6.07, 6.45) is 5.02. The molecule has 0 aromatic rings. The average Bonchev–Trinajstić information content (AvgIpc) is 2.45. The van der Waals surface area contributed by atoms with E-state index in [1.165, 1.54) is 24.8 Å². The molecule has 2 aliphatic rings. The first kappa shape index (κ1) is 7.38. The Balaban J connectivity index is 2.07. The molecular weight excluding hydrogens is 139 g/mol. The van der Waals surface area contributed by atoms with E-state index in [-0.39, 0.29) is 0 Å². The lowest BCUT2D eigenvalue weighted by atomic mass is 9.83. The molecule has 0 amide bonds. The van der Waals surface area contributed by atoms with Gasteiger partial charge in [0, 0.05) is 0 Å². The summed E-state index contributed by atoms with van der Waals surface area (Å²) in [5, 5.41) is 17.4. The molecule has 2 rings (SSSR count). The lowest BCUT2D eigenvalue weighted by Gasteiger charge is -2.12. The van der Waals surface area contributed by atoms with E-state index in [1.807, 2.05) is 0 Å². The summed E-state index contributed by atoms with van der Waals surface area (Å²) in [7, 11) is -1.23. The monoisotopic (exact) mass is 152 g/mol. The van der Waals surface area contributed by atoms with Gasteiger partial charge < -0.3 is 10.0 Å². The molecule has 3 heteroatoms. The van der Waals surface area contributed by atoms with Crippen molar-refractivity contribution in [2.24, 2.45) is 11.8 Å². The van der Waals surface area contributed by atoms with Gasteiger partial charge in [-0.05, 0) is 37.5 Å². The zero-order chi connectivity index (χ0) is 7.84. The van der Waals surface area contributed by atoms with Crippen molar-refractivity contribution in [3.8, 4) is 0 Å². The molecule has 0 radical (unpaired) electrons. The fourth-order valence-electron chi connectivity index (χ4n) is 2.49. The van der Waals surface area contributed by atoms with Gasteiger partial charge in [-0.2, -0.15) is 0 Å². The lowest BCUT2D eigenvalue weighted by molar-refractivity contribution is 0.422. The van der Waals surface area contributed by atoms with E-state index in [0.29, 0.717) is 5.92 Å². The first-order valence-electron chi connectivity index (χ1n) is 4.32. The SMILES string of the molecule is OB(O)/C=C1\CC2CCC1C2. The summed E-state index contributed by atoms with van der Waals surface area (Å²) in [6.45, 7) is 0. The van der Waals surface area contributed by atoms with Gasteiger partial charge in [-0.3, -0.25) is 0 Å². The number of allylic oxidation sites excluding steroid dienone is 1. The van der Waals surface area contributed by atoms with Gasteiger partial charge >= 0.3 is 7.12 Å². The molecule has 2 bridgehead atoms. The van der Waals surface area contributed by atoms with Gasteiger partial charge in [0.25, 0.3) is 0 Å². The van der Waals surface area contributed by atoms with Crippen LogP contribution >= 0.6 is 0 Å². The smallest absolute Gasteiger partial charge is 0.424 e. The van der Waals surface area contributed by atoms with Gasteiger partial charge in [-0.1, -0.05) is 11.5 Å². The second-order valence-corrected chi connectivity index (χ2v) is 3.74. The topological polar surface area (TPSA) is 40.5 Å². The molecule has 2 N–H and O–H groups in total. The van der Waals surface area contributed by atoms with Crippen LogP contribution in [0.2, 0.25) is 0 Å². The van der Waals surface area contributed by atoms with Gasteiger partial charge in [0.1, 0.15) is 0 Å². The largest absolute Gasteiger partial charge is 0.480 e. The third-order valence-corrected chi connectivity index (χ3v) is 2.95. The van der Waals surface area contributed by atoms with Crippen LogP contribution in [0.1, 0.15) is 25.7 Å². The molecule has 0 heterocycles. The minimum atomic E-state index is -1.23. The molecular formula is C8H13BO2. The van der Waals surface area contributed by atoms with Crippen molar-refractivity contribution in [3.63, 3.8) is 0 Å². The second kappa shape index (κ2) is 2.65. The van der Waals surface area contributed by atoms with E-state index in [9.17, 15) is 0 Å². The highest BCUT2D eigenvalue weighted by molar-refractivity contribution is 6.47. The van der Waals surface area contributed by atoms with Crippen molar-refractivity contribution in [1.29, 1.82) is 0 Å². The molecule has 0 spiro atoms. The Labute approximate surface area is 67.1 Å². The Kier molecular flexibility index (Phi) is 1.78. The average molecular weight is 152 g/mol. The molecule has 0 aromatic heterocycles. The highest BCUT2D eigenvalue weighted by atomic mass is 16.4. The summed E-state index contributed by atoms with van der Waals surface area (Å²) in [6, 6.07) is 0. The molecule has 2 unspecified atom stereocenters. The van der Waals surface area contributed by atoms with Crippen molar-refractivity contribution in [1.82, 2.24) is 0 Å². The molecule has 0 aliphatic heterocycles. The zero-order valence-electron chi connectivity index (χ0n) is 6.53. The Morgan fingerprint density at radius 1 is 1.36 bits per heavy atom. The van der Waals surface area contributed by atoms with Crippen LogP contribution in [-0.2, 0) is 0 Å². The van der Waals surface area contributed by atoms with E-state index >= 15 is 0 Å². The van der Waals surface area contributed by atoms with Crippen molar-refractivity contribution < 1.29 is 10.0 Å². The molecule has 0 aromatic carbocycles. The van der Waals surface area contributed by atoms with E-state index in [4.69, 9.17) is 10.0 Å². The van der Waals surface area contributed by atoms with Crippen LogP contribution in [0.4, 0.5) is 0 Å². The summed E-state index contributed by atoms with van der Waals surface area (Å²) in [4.78, 5) is 0. The van der Waals surface area contributed by atoms with Crippen LogP contribution in [-0.4, -0.2) is 17.2 Å². The van der Waals surface area contributed by atoms with Crippen LogP contribution in [0.3, 0.4) is 0 Å². The third kappa shape index (κ3) is 1.35. The van der Waals surface area contributed by atoms with Gasteiger partial charge in [0.05, 0.1) is 0 Å². The maximum absolute atomic E-state index is 8.72. The first-order valence-corrected chi connectivity index (χ1v) is 4.32. The van der Waals surface area contributed by atoms with Gasteiger partial charge in [-0.25, -0.2) is 0 Å². The third-order valence-electron chi connectivity index (χ3n) is 2.95. The Morgan fingerprint density at radius 3 is 2.64 bits per heavy atom. The van der Waals surface area contributed by atoms with Crippen molar-refractivity contribution in [2.45, 2.75) is 25.7 Å². The van der Waals surface area contributed by atoms with Crippen LogP contribution in [0.15, 0.2) is 11.5 Å². The Bertz CT molecular complexity index is 189. The normalized spacial score (nSPS) is 38.5.